The quantitative estimate of drug-likeness (QED) is 0.302. The number of carboxylic acids is 1. The van der Waals surface area contributed by atoms with Gasteiger partial charge in [0.25, 0.3) is 0 Å². The van der Waals surface area contributed by atoms with E-state index in [0.29, 0.717) is 44.9 Å². The van der Waals surface area contributed by atoms with Gasteiger partial charge >= 0.3 is 5.97 Å². The van der Waals surface area contributed by atoms with Gasteiger partial charge in [-0.05, 0) is 45.7 Å². The molecular weight excluding hydrogens is 456 g/mol. The maximum atomic E-state index is 12.1. The lowest BCUT2D eigenvalue weighted by Gasteiger charge is -2.36. The zero-order chi connectivity index (χ0) is 21.9. The van der Waals surface area contributed by atoms with Crippen LogP contribution in [-0.4, -0.2) is 47.0 Å². The highest BCUT2D eigenvalue weighted by Crippen LogP contribution is 2.57. The average molecular weight is 483 g/mol. The number of hydrogen-bond acceptors (Lipinski definition) is 8. The fourth-order valence-corrected chi connectivity index (χ4v) is 12.4. The lowest BCUT2D eigenvalue weighted by Crippen LogP contribution is -2.30. The summed E-state index contributed by atoms with van der Waals surface area (Å²) >= 11 is 0. The molecule has 0 saturated carbocycles. The van der Waals surface area contributed by atoms with Crippen LogP contribution in [0.3, 0.4) is 0 Å². The minimum absolute atomic E-state index is 0.159. The Morgan fingerprint density at radius 2 is 1.79 bits per heavy atom. The van der Waals surface area contributed by atoms with Crippen molar-refractivity contribution in [1.29, 1.82) is 0 Å². The molecule has 11 heteroatoms. The monoisotopic (exact) mass is 482 g/mol. The van der Waals surface area contributed by atoms with Gasteiger partial charge in [0, 0.05) is 24.5 Å². The Morgan fingerprint density at radius 3 is 2.31 bits per heavy atom. The summed E-state index contributed by atoms with van der Waals surface area (Å²) in [5, 5.41) is 9.70. The largest absolute Gasteiger partial charge is 0.493 e. The average Bonchev–Trinajstić information content (AvgIpc) is 2.55. The van der Waals surface area contributed by atoms with Crippen molar-refractivity contribution in [1.82, 2.24) is 0 Å². The third-order valence-corrected chi connectivity index (χ3v) is 11.1. The molecule has 0 unspecified atom stereocenters. The van der Waals surface area contributed by atoms with Crippen LogP contribution in [0.2, 0.25) is 0 Å². The zero-order valence-electron chi connectivity index (χ0n) is 16.6. The van der Waals surface area contributed by atoms with Crippen molar-refractivity contribution in [3.05, 3.63) is 29.3 Å². The number of aliphatic carboxylic acids is 1. The van der Waals surface area contributed by atoms with Gasteiger partial charge < -0.3 is 9.84 Å². The van der Waals surface area contributed by atoms with Crippen molar-refractivity contribution >= 4 is 45.3 Å². The Labute approximate surface area is 179 Å². The predicted octanol–water partition coefficient (Wildman–Crippen LogP) is 3.76. The molecule has 0 bridgehead atoms. The Bertz CT molecular complexity index is 920. The number of ether oxygens (including phenoxy) is 1. The lowest BCUT2D eigenvalue weighted by molar-refractivity contribution is -0.139. The number of rotatable bonds is 10. The van der Waals surface area contributed by atoms with Gasteiger partial charge in [0.05, 0.1) is 12.5 Å². The van der Waals surface area contributed by atoms with Crippen LogP contribution < -0.4 is 4.74 Å². The highest BCUT2D eigenvalue weighted by Gasteiger charge is 2.46. The first-order valence-electron chi connectivity index (χ1n) is 9.18. The summed E-state index contributed by atoms with van der Waals surface area (Å²) in [4.78, 5) is 11.8. The number of carboxylic acid groups (broad SMARTS) is 1. The van der Waals surface area contributed by atoms with E-state index in [2.05, 4.69) is 0 Å². The van der Waals surface area contributed by atoms with Crippen LogP contribution >= 0.6 is 21.6 Å². The first-order chi connectivity index (χ1) is 13.4. The first kappa shape index (κ1) is 24.4. The van der Waals surface area contributed by atoms with Crippen LogP contribution in [-0.2, 0) is 26.6 Å². The van der Waals surface area contributed by atoms with Gasteiger partial charge in [-0.2, -0.15) is 0 Å². The summed E-state index contributed by atoms with van der Waals surface area (Å²) in [6.45, 7) is 2.20. The lowest BCUT2D eigenvalue weighted by atomic mass is 9.90. The van der Waals surface area contributed by atoms with Crippen molar-refractivity contribution in [2.45, 2.75) is 49.0 Å². The Kier molecular flexibility index (Phi) is 7.97. The van der Waals surface area contributed by atoms with Gasteiger partial charge in [-0.15, -0.1) is 0 Å². The molecule has 1 N–H and O–H groups in total. The molecule has 1 heterocycles. The highest BCUT2D eigenvalue weighted by molar-refractivity contribution is 8.81. The second-order valence-electron chi connectivity index (χ2n) is 7.07. The summed E-state index contributed by atoms with van der Waals surface area (Å²) in [5.41, 5.74) is 0.916. The number of hydrogen-bond donors (Lipinski definition) is 1. The third kappa shape index (κ3) is 6.80. The van der Waals surface area contributed by atoms with Crippen LogP contribution in [0.4, 0.5) is 0 Å². The summed E-state index contributed by atoms with van der Waals surface area (Å²) in [6, 6.07) is 4.88. The fourth-order valence-electron chi connectivity index (χ4n) is 3.33. The molecule has 1 atom stereocenters. The molecule has 1 aliphatic rings. The Morgan fingerprint density at radius 1 is 1.17 bits per heavy atom. The normalized spacial score (nSPS) is 17.2. The third-order valence-electron chi connectivity index (χ3n) is 4.47. The van der Waals surface area contributed by atoms with E-state index in [0.717, 1.165) is 31.8 Å². The van der Waals surface area contributed by atoms with Crippen molar-refractivity contribution in [2.75, 3.05) is 19.1 Å². The molecule has 1 aromatic carbocycles. The molecule has 0 saturated heterocycles. The molecule has 0 amide bonds. The number of fused-ring (bicyclic) bond motifs is 1. The van der Waals surface area contributed by atoms with Gasteiger partial charge in [0.1, 0.15) is 9.83 Å². The van der Waals surface area contributed by atoms with Crippen LogP contribution in [0.15, 0.2) is 18.2 Å². The van der Waals surface area contributed by atoms with E-state index < -0.39 is 33.7 Å². The molecule has 29 heavy (non-hydrogen) atoms. The van der Waals surface area contributed by atoms with E-state index in [-0.39, 0.29) is 13.0 Å². The first-order valence-corrected chi connectivity index (χ1v) is 15.6. The molecule has 1 aliphatic heterocycles. The number of unbranched alkanes of at least 4 members (excludes halogenated alkanes) is 2. The van der Waals surface area contributed by atoms with Gasteiger partial charge in [0.15, 0.2) is 17.7 Å². The van der Waals surface area contributed by atoms with E-state index >= 15 is 0 Å². The molecule has 164 valence electrons. The highest BCUT2D eigenvalue weighted by atomic mass is 33.2. The summed E-state index contributed by atoms with van der Waals surface area (Å²) in [7, 11) is -6.06. The van der Waals surface area contributed by atoms with E-state index in [1.54, 1.807) is 18.2 Å². The summed E-state index contributed by atoms with van der Waals surface area (Å²) in [6.07, 6.45) is 5.31. The predicted molar refractivity (Wildman–Crippen MR) is 118 cm³/mol. The molecule has 0 radical (unpaired) electrons. The molecule has 0 fully saturated rings. The van der Waals surface area contributed by atoms with Crippen molar-refractivity contribution < 1.29 is 31.5 Å². The molecular formula is C18H26O7S4. The van der Waals surface area contributed by atoms with E-state index in [1.807, 2.05) is 6.92 Å². The van der Waals surface area contributed by atoms with E-state index in [9.17, 15) is 26.7 Å². The number of benzene rings is 1. The van der Waals surface area contributed by atoms with Crippen molar-refractivity contribution in [2.24, 2.45) is 0 Å². The molecule has 1 aromatic rings. The molecule has 7 nitrogen and oxygen atoms in total. The summed E-state index contributed by atoms with van der Waals surface area (Å²) < 4.78 is 52.8. The van der Waals surface area contributed by atoms with E-state index in [4.69, 9.17) is 4.74 Å². The van der Waals surface area contributed by atoms with Gasteiger partial charge in [-0.3, -0.25) is 4.79 Å². The molecule has 0 spiro atoms. The maximum Gasteiger partial charge on any atom is 0.310 e. The van der Waals surface area contributed by atoms with Crippen LogP contribution in [0.5, 0.6) is 5.75 Å². The SMILES string of the molecule is CCCCC[C@H](C(=O)O)c1ccc2c(c1)C(SS(C)(=O)=O)(SS(C)(=O)=O)CCO2. The van der Waals surface area contributed by atoms with Gasteiger partial charge in [-0.1, -0.05) is 32.3 Å². The van der Waals surface area contributed by atoms with Crippen LogP contribution in [0.25, 0.3) is 0 Å². The zero-order valence-corrected chi connectivity index (χ0v) is 19.8. The maximum absolute atomic E-state index is 12.1. The molecule has 0 aliphatic carbocycles. The van der Waals surface area contributed by atoms with Gasteiger partial charge in [-0.25, -0.2) is 16.8 Å². The van der Waals surface area contributed by atoms with Crippen molar-refractivity contribution in [3.63, 3.8) is 0 Å². The second-order valence-corrected chi connectivity index (χ2v) is 16.5. The van der Waals surface area contributed by atoms with Gasteiger partial charge in [0.2, 0.25) is 0 Å². The topological polar surface area (TPSA) is 115 Å². The fraction of sp³-hybridized carbons (Fsp3) is 0.611. The second kappa shape index (κ2) is 9.49. The smallest absolute Gasteiger partial charge is 0.310 e. The standard InChI is InChI=1S/C18H26O7S4/c1-4-5-6-7-14(17(19)20)13-8-9-16-15(12-13)18(10-11-25-16,26-28(2,21)22)27-29(3,23)24/h8-9,12,14H,4-7,10-11H2,1-3H3,(H,19,20)/t14-/m0/s1. The van der Waals surface area contributed by atoms with Crippen LogP contribution in [0.1, 0.15) is 56.1 Å². The Hall–Kier alpha value is -0.910. The molecule has 2 rings (SSSR count). The Balaban J connectivity index is 2.58. The van der Waals surface area contributed by atoms with Crippen LogP contribution in [0, 0.1) is 0 Å². The minimum Gasteiger partial charge on any atom is -0.493 e. The van der Waals surface area contributed by atoms with E-state index in [1.165, 1.54) is 0 Å². The minimum atomic E-state index is -3.60. The molecule has 0 aromatic heterocycles. The number of carbonyl (C=O) groups is 1. The van der Waals surface area contributed by atoms with Crippen molar-refractivity contribution in [3.8, 4) is 5.75 Å². The summed E-state index contributed by atoms with van der Waals surface area (Å²) in [5.74, 6) is -1.34.